The standard InChI is InChI=1S/C16H18N2O2/c1-12-6-8-13(9-7-12)14(11-18-16(19)20-2)15-5-3-4-10-17-15/h3-10,14H,11H2,1-2H3,(H,18,19). The van der Waals surface area contributed by atoms with E-state index in [1.807, 2.05) is 25.1 Å². The molecule has 1 unspecified atom stereocenters. The molecule has 1 aromatic carbocycles. The molecule has 0 bridgehead atoms. The van der Waals surface area contributed by atoms with Crippen LogP contribution in [0.1, 0.15) is 22.7 Å². The van der Waals surface area contributed by atoms with Crippen molar-refractivity contribution in [2.24, 2.45) is 0 Å². The molecule has 0 aliphatic carbocycles. The second kappa shape index (κ2) is 6.70. The third-order valence-electron chi connectivity index (χ3n) is 3.16. The first-order chi connectivity index (χ1) is 9.70. The van der Waals surface area contributed by atoms with Crippen LogP contribution in [0.4, 0.5) is 4.79 Å². The molecule has 1 atom stereocenters. The summed E-state index contributed by atoms with van der Waals surface area (Å²) in [5, 5.41) is 2.74. The molecular weight excluding hydrogens is 252 g/mol. The molecule has 4 heteroatoms. The van der Waals surface area contributed by atoms with Gasteiger partial charge < -0.3 is 10.1 Å². The van der Waals surface area contributed by atoms with Crippen LogP contribution in [0.3, 0.4) is 0 Å². The number of aromatic nitrogens is 1. The largest absolute Gasteiger partial charge is 0.453 e. The Morgan fingerprint density at radius 1 is 1.25 bits per heavy atom. The van der Waals surface area contributed by atoms with Crippen LogP contribution >= 0.6 is 0 Å². The number of ether oxygens (including phenoxy) is 1. The normalized spacial score (nSPS) is 11.7. The highest BCUT2D eigenvalue weighted by Gasteiger charge is 2.16. The monoisotopic (exact) mass is 270 g/mol. The average Bonchev–Trinajstić information content (AvgIpc) is 2.50. The van der Waals surface area contributed by atoms with Crippen molar-refractivity contribution in [3.63, 3.8) is 0 Å². The van der Waals surface area contributed by atoms with Gasteiger partial charge in [0, 0.05) is 24.4 Å². The van der Waals surface area contributed by atoms with E-state index in [1.165, 1.54) is 12.7 Å². The molecule has 104 valence electrons. The van der Waals surface area contributed by atoms with Gasteiger partial charge in [0.1, 0.15) is 0 Å². The van der Waals surface area contributed by atoms with E-state index in [2.05, 4.69) is 39.3 Å². The zero-order chi connectivity index (χ0) is 14.4. The number of aryl methyl sites for hydroxylation is 1. The van der Waals surface area contributed by atoms with Gasteiger partial charge in [0.25, 0.3) is 0 Å². The first kappa shape index (κ1) is 14.1. The zero-order valence-corrected chi connectivity index (χ0v) is 11.7. The van der Waals surface area contributed by atoms with E-state index in [-0.39, 0.29) is 5.92 Å². The Hall–Kier alpha value is -2.36. The van der Waals surface area contributed by atoms with Gasteiger partial charge in [-0.3, -0.25) is 4.98 Å². The molecule has 0 spiro atoms. The fraction of sp³-hybridized carbons (Fsp3) is 0.250. The highest BCUT2D eigenvalue weighted by molar-refractivity contribution is 5.67. The van der Waals surface area contributed by atoms with E-state index in [4.69, 9.17) is 0 Å². The predicted octanol–water partition coefficient (Wildman–Crippen LogP) is 2.88. The summed E-state index contributed by atoms with van der Waals surface area (Å²) in [5.41, 5.74) is 3.24. The first-order valence-corrected chi connectivity index (χ1v) is 6.50. The summed E-state index contributed by atoms with van der Waals surface area (Å²) in [4.78, 5) is 15.7. The van der Waals surface area contributed by atoms with Gasteiger partial charge in [0.15, 0.2) is 0 Å². The molecule has 0 saturated carbocycles. The van der Waals surface area contributed by atoms with E-state index in [0.29, 0.717) is 6.54 Å². The lowest BCUT2D eigenvalue weighted by molar-refractivity contribution is 0.170. The number of rotatable bonds is 4. The molecule has 0 aliphatic rings. The van der Waals surface area contributed by atoms with Crippen molar-refractivity contribution >= 4 is 6.09 Å². The SMILES string of the molecule is COC(=O)NCC(c1ccc(C)cc1)c1ccccn1. The van der Waals surface area contributed by atoms with Gasteiger partial charge in [-0.05, 0) is 24.6 Å². The second-order valence-corrected chi connectivity index (χ2v) is 4.59. The Morgan fingerprint density at radius 2 is 2.00 bits per heavy atom. The molecule has 0 aliphatic heterocycles. The van der Waals surface area contributed by atoms with E-state index >= 15 is 0 Å². The van der Waals surface area contributed by atoms with Crippen molar-refractivity contribution in [2.45, 2.75) is 12.8 Å². The van der Waals surface area contributed by atoms with E-state index < -0.39 is 6.09 Å². The van der Waals surface area contributed by atoms with Gasteiger partial charge in [-0.15, -0.1) is 0 Å². The Labute approximate surface area is 118 Å². The van der Waals surface area contributed by atoms with Crippen LogP contribution in [0, 0.1) is 6.92 Å². The fourth-order valence-electron chi connectivity index (χ4n) is 2.03. The number of methoxy groups -OCH3 is 1. The molecular formula is C16H18N2O2. The summed E-state index contributed by atoms with van der Waals surface area (Å²) in [7, 11) is 1.36. The zero-order valence-electron chi connectivity index (χ0n) is 11.7. The maximum absolute atomic E-state index is 11.3. The van der Waals surface area contributed by atoms with E-state index in [1.54, 1.807) is 6.20 Å². The number of hydrogen-bond acceptors (Lipinski definition) is 3. The number of benzene rings is 1. The number of nitrogens with zero attached hydrogens (tertiary/aromatic N) is 1. The van der Waals surface area contributed by atoms with E-state index in [0.717, 1.165) is 11.3 Å². The Kier molecular flexibility index (Phi) is 4.71. The van der Waals surface area contributed by atoms with Crippen LogP contribution in [0.15, 0.2) is 48.7 Å². The second-order valence-electron chi connectivity index (χ2n) is 4.59. The molecule has 1 heterocycles. The van der Waals surface area contributed by atoms with Gasteiger partial charge in [-0.1, -0.05) is 35.9 Å². The topological polar surface area (TPSA) is 51.2 Å². The summed E-state index contributed by atoms with van der Waals surface area (Å²) in [6.07, 6.45) is 1.33. The average molecular weight is 270 g/mol. The number of hydrogen-bond donors (Lipinski definition) is 1. The molecule has 0 saturated heterocycles. The van der Waals surface area contributed by atoms with Crippen molar-refractivity contribution in [1.29, 1.82) is 0 Å². The summed E-state index contributed by atoms with van der Waals surface area (Å²) in [6, 6.07) is 14.0. The first-order valence-electron chi connectivity index (χ1n) is 6.50. The number of carbonyl (C=O) groups excluding carboxylic acids is 1. The van der Waals surface area contributed by atoms with Crippen LogP contribution in [0.25, 0.3) is 0 Å². The van der Waals surface area contributed by atoms with Crippen LogP contribution in [-0.4, -0.2) is 24.7 Å². The van der Waals surface area contributed by atoms with Gasteiger partial charge in [0.05, 0.1) is 7.11 Å². The van der Waals surface area contributed by atoms with Crippen molar-refractivity contribution in [3.05, 3.63) is 65.5 Å². The number of nitrogens with one attached hydrogen (secondary N) is 1. The quantitative estimate of drug-likeness (QED) is 0.929. The maximum atomic E-state index is 11.3. The van der Waals surface area contributed by atoms with Gasteiger partial charge in [0.2, 0.25) is 0 Å². The predicted molar refractivity (Wildman–Crippen MR) is 77.7 cm³/mol. The lowest BCUT2D eigenvalue weighted by Crippen LogP contribution is -2.29. The smallest absolute Gasteiger partial charge is 0.406 e. The van der Waals surface area contributed by atoms with Crippen LogP contribution in [0.5, 0.6) is 0 Å². The molecule has 20 heavy (non-hydrogen) atoms. The van der Waals surface area contributed by atoms with Crippen molar-refractivity contribution in [3.8, 4) is 0 Å². The number of amides is 1. The van der Waals surface area contributed by atoms with Crippen LogP contribution in [0.2, 0.25) is 0 Å². The van der Waals surface area contributed by atoms with Crippen LogP contribution in [-0.2, 0) is 4.74 Å². The molecule has 1 aromatic heterocycles. The molecule has 0 radical (unpaired) electrons. The highest BCUT2D eigenvalue weighted by Crippen LogP contribution is 2.22. The van der Waals surface area contributed by atoms with E-state index in [9.17, 15) is 4.79 Å². The summed E-state index contributed by atoms with van der Waals surface area (Å²) < 4.78 is 4.62. The molecule has 2 rings (SSSR count). The van der Waals surface area contributed by atoms with Gasteiger partial charge in [-0.25, -0.2) is 4.79 Å². The minimum atomic E-state index is -0.432. The maximum Gasteiger partial charge on any atom is 0.406 e. The molecule has 4 nitrogen and oxygen atoms in total. The third-order valence-corrected chi connectivity index (χ3v) is 3.16. The van der Waals surface area contributed by atoms with Crippen molar-refractivity contribution in [1.82, 2.24) is 10.3 Å². The summed E-state index contributed by atoms with van der Waals surface area (Å²) >= 11 is 0. The molecule has 1 N–H and O–H groups in total. The summed E-state index contributed by atoms with van der Waals surface area (Å²) in [6.45, 7) is 2.50. The van der Waals surface area contributed by atoms with Crippen molar-refractivity contribution < 1.29 is 9.53 Å². The Balaban J connectivity index is 2.24. The van der Waals surface area contributed by atoms with Crippen LogP contribution < -0.4 is 5.32 Å². The summed E-state index contributed by atoms with van der Waals surface area (Å²) in [5.74, 6) is 0.0101. The lowest BCUT2D eigenvalue weighted by atomic mass is 9.94. The minimum absolute atomic E-state index is 0.0101. The molecule has 0 fully saturated rings. The lowest BCUT2D eigenvalue weighted by Gasteiger charge is -2.17. The minimum Gasteiger partial charge on any atom is -0.453 e. The Bertz CT molecular complexity index is 552. The number of alkyl carbamates (subject to hydrolysis) is 1. The Morgan fingerprint density at radius 3 is 2.60 bits per heavy atom. The van der Waals surface area contributed by atoms with Gasteiger partial charge in [-0.2, -0.15) is 0 Å². The molecule has 2 aromatic rings. The fourth-order valence-corrected chi connectivity index (χ4v) is 2.03. The molecule has 1 amide bonds. The highest BCUT2D eigenvalue weighted by atomic mass is 16.5. The number of carbonyl (C=O) groups is 1. The number of pyridine rings is 1. The van der Waals surface area contributed by atoms with Gasteiger partial charge >= 0.3 is 6.09 Å². The van der Waals surface area contributed by atoms with Crippen molar-refractivity contribution in [2.75, 3.05) is 13.7 Å². The third kappa shape index (κ3) is 3.57.